The van der Waals surface area contributed by atoms with E-state index >= 15 is 0 Å². The van der Waals surface area contributed by atoms with Crippen LogP contribution in [0.15, 0.2) is 24.3 Å². The minimum absolute atomic E-state index is 0.246. The van der Waals surface area contributed by atoms with E-state index in [9.17, 15) is 9.90 Å². The van der Waals surface area contributed by atoms with E-state index in [-0.39, 0.29) is 12.0 Å². The fourth-order valence-corrected chi connectivity index (χ4v) is 3.02. The van der Waals surface area contributed by atoms with E-state index in [0.29, 0.717) is 38.6 Å². The molecule has 0 aromatic rings. The molecule has 1 N–H and O–H groups in total. The predicted octanol–water partition coefficient (Wildman–Crippen LogP) is 3.54. The number of ether oxygens (including phenoxy) is 2. The van der Waals surface area contributed by atoms with Gasteiger partial charge in [0.15, 0.2) is 0 Å². The fourth-order valence-electron chi connectivity index (χ4n) is 3.02. The number of rotatable bonds is 5. The van der Waals surface area contributed by atoms with Gasteiger partial charge in [-0.15, -0.1) is 5.92 Å². The summed E-state index contributed by atoms with van der Waals surface area (Å²) in [5.74, 6) is 7.00. The lowest BCUT2D eigenvalue weighted by atomic mass is 9.97. The van der Waals surface area contributed by atoms with E-state index < -0.39 is 11.7 Å². The molecule has 1 heterocycles. The van der Waals surface area contributed by atoms with Gasteiger partial charge in [0.25, 0.3) is 0 Å². The summed E-state index contributed by atoms with van der Waals surface area (Å²) in [6, 6.07) is 0. The topological polar surface area (TPSA) is 59.0 Å². The molecule has 0 saturated carbocycles. The van der Waals surface area contributed by atoms with Crippen LogP contribution in [0.25, 0.3) is 0 Å². The van der Waals surface area contributed by atoms with E-state index in [1.54, 1.807) is 4.90 Å². The largest absolute Gasteiger partial charge is 0.444 e. The summed E-state index contributed by atoms with van der Waals surface area (Å²) < 4.78 is 11.0. The van der Waals surface area contributed by atoms with Crippen LogP contribution in [0.1, 0.15) is 46.5 Å². The first kappa shape index (κ1) is 21.5. The molecule has 2 rings (SSSR count). The molecule has 0 spiro atoms. The van der Waals surface area contributed by atoms with Crippen LogP contribution in [0, 0.1) is 23.7 Å². The fraction of sp³-hybridized carbons (Fsp3) is 0.682. The molecule has 0 radical (unpaired) electrons. The van der Waals surface area contributed by atoms with Crippen molar-refractivity contribution in [1.29, 1.82) is 0 Å². The van der Waals surface area contributed by atoms with Gasteiger partial charge in [0.1, 0.15) is 5.60 Å². The zero-order chi connectivity index (χ0) is 19.7. The maximum Gasteiger partial charge on any atom is 0.410 e. The van der Waals surface area contributed by atoms with Crippen molar-refractivity contribution < 1.29 is 19.4 Å². The summed E-state index contributed by atoms with van der Waals surface area (Å²) in [6.45, 7) is 7.92. The van der Waals surface area contributed by atoms with Gasteiger partial charge in [-0.05, 0) is 40.0 Å². The Morgan fingerprint density at radius 3 is 2.67 bits per heavy atom. The standard InChI is InChI=1S/C22H33NO4/c1-22(2,3)27-21(25)23-14-12-18(13-15-23)10-7-11-20(24)17-26-16-19-8-5-4-6-9-19/h4-6,8,18-20,24H,9,11-17H2,1-3H3/t19?,20-/m1/s1. The quantitative estimate of drug-likeness (QED) is 0.747. The van der Waals surface area contributed by atoms with E-state index in [0.717, 1.165) is 19.3 Å². The minimum Gasteiger partial charge on any atom is -0.444 e. The number of hydrogen-bond donors (Lipinski definition) is 1. The molecule has 1 aliphatic heterocycles. The molecule has 2 atom stereocenters. The zero-order valence-corrected chi connectivity index (χ0v) is 16.8. The van der Waals surface area contributed by atoms with Crippen molar-refractivity contribution in [3.8, 4) is 11.8 Å². The normalized spacial score (nSPS) is 21.5. The van der Waals surface area contributed by atoms with Crippen LogP contribution in [0.3, 0.4) is 0 Å². The summed E-state index contributed by atoms with van der Waals surface area (Å²) in [6.07, 6.45) is 10.7. The van der Waals surface area contributed by atoms with Gasteiger partial charge in [-0.1, -0.05) is 30.2 Å². The Hall–Kier alpha value is -1.77. The summed E-state index contributed by atoms with van der Waals surface area (Å²) in [5.41, 5.74) is -0.462. The van der Waals surface area contributed by atoms with E-state index in [4.69, 9.17) is 9.47 Å². The highest BCUT2D eigenvalue weighted by molar-refractivity contribution is 5.68. The van der Waals surface area contributed by atoms with Crippen molar-refractivity contribution in [3.05, 3.63) is 24.3 Å². The van der Waals surface area contributed by atoms with Crippen LogP contribution in [0.5, 0.6) is 0 Å². The molecule has 1 saturated heterocycles. The molecule has 0 aromatic heterocycles. The Morgan fingerprint density at radius 1 is 1.30 bits per heavy atom. The Balaban J connectivity index is 1.60. The molecule has 150 valence electrons. The molecule has 0 aromatic carbocycles. The molecule has 1 amide bonds. The van der Waals surface area contributed by atoms with E-state index in [1.807, 2.05) is 32.9 Å². The second kappa shape index (κ2) is 10.5. The monoisotopic (exact) mass is 375 g/mol. The molecular weight excluding hydrogens is 342 g/mol. The lowest BCUT2D eigenvalue weighted by Crippen LogP contribution is -2.41. The average Bonchev–Trinajstić information content (AvgIpc) is 2.62. The lowest BCUT2D eigenvalue weighted by Gasteiger charge is -2.31. The van der Waals surface area contributed by atoms with Gasteiger partial charge in [0, 0.05) is 31.3 Å². The molecular formula is C22H33NO4. The summed E-state index contributed by atoms with van der Waals surface area (Å²) >= 11 is 0. The van der Waals surface area contributed by atoms with Gasteiger partial charge < -0.3 is 19.5 Å². The Morgan fingerprint density at radius 2 is 2.04 bits per heavy atom. The first-order chi connectivity index (χ1) is 12.8. The molecule has 1 fully saturated rings. The molecule has 5 nitrogen and oxygen atoms in total. The third-order valence-electron chi connectivity index (χ3n) is 4.50. The Labute approximate surface area is 163 Å². The maximum absolute atomic E-state index is 12.1. The van der Waals surface area contributed by atoms with Gasteiger partial charge in [0.05, 0.1) is 19.3 Å². The van der Waals surface area contributed by atoms with Crippen molar-refractivity contribution in [3.63, 3.8) is 0 Å². The molecule has 0 bridgehead atoms. The highest BCUT2D eigenvalue weighted by Gasteiger charge is 2.26. The van der Waals surface area contributed by atoms with Gasteiger partial charge in [-0.25, -0.2) is 4.79 Å². The van der Waals surface area contributed by atoms with Crippen LogP contribution >= 0.6 is 0 Å². The zero-order valence-electron chi connectivity index (χ0n) is 16.8. The second-order valence-corrected chi connectivity index (χ2v) is 8.27. The number of hydrogen-bond acceptors (Lipinski definition) is 4. The molecule has 1 unspecified atom stereocenters. The van der Waals surface area contributed by atoms with Crippen molar-refractivity contribution >= 4 is 6.09 Å². The highest BCUT2D eigenvalue weighted by atomic mass is 16.6. The number of aliphatic hydroxyl groups excluding tert-OH is 1. The van der Waals surface area contributed by atoms with Crippen LogP contribution in [0.4, 0.5) is 4.79 Å². The van der Waals surface area contributed by atoms with E-state index in [1.165, 1.54) is 0 Å². The number of likely N-dealkylation sites (tertiary alicyclic amines) is 1. The first-order valence-electron chi connectivity index (χ1n) is 9.89. The number of carbonyl (C=O) groups excluding carboxylic acids is 1. The third-order valence-corrected chi connectivity index (χ3v) is 4.50. The number of aliphatic hydroxyl groups is 1. The van der Waals surface area contributed by atoms with Gasteiger partial charge in [-0.3, -0.25) is 0 Å². The van der Waals surface area contributed by atoms with Crippen molar-refractivity contribution in [2.75, 3.05) is 26.3 Å². The van der Waals surface area contributed by atoms with Crippen molar-refractivity contribution in [2.45, 2.75) is 58.2 Å². The van der Waals surface area contributed by atoms with Gasteiger partial charge in [0.2, 0.25) is 0 Å². The Bertz CT molecular complexity index is 586. The van der Waals surface area contributed by atoms with E-state index in [2.05, 4.69) is 24.0 Å². The number of carbonyl (C=O) groups is 1. The molecule has 27 heavy (non-hydrogen) atoms. The van der Waals surface area contributed by atoms with Gasteiger partial charge in [-0.2, -0.15) is 0 Å². The average molecular weight is 376 g/mol. The maximum atomic E-state index is 12.1. The smallest absolute Gasteiger partial charge is 0.410 e. The Kier molecular flexibility index (Phi) is 8.40. The van der Waals surface area contributed by atoms with Crippen LogP contribution in [-0.2, 0) is 9.47 Å². The SMILES string of the molecule is CC(C)(C)OC(=O)N1CCC(C#CC[C@@H](O)COCC2C=CC=CC2)CC1. The summed E-state index contributed by atoms with van der Waals surface area (Å²) in [5, 5.41) is 10.0. The first-order valence-corrected chi connectivity index (χ1v) is 9.89. The third kappa shape index (κ3) is 8.64. The highest BCUT2D eigenvalue weighted by Crippen LogP contribution is 2.19. The molecule has 2 aliphatic rings. The summed E-state index contributed by atoms with van der Waals surface area (Å²) in [7, 11) is 0. The predicted molar refractivity (Wildman–Crippen MR) is 106 cm³/mol. The number of allylic oxidation sites excluding steroid dienone is 3. The summed E-state index contributed by atoms with van der Waals surface area (Å²) in [4.78, 5) is 13.8. The minimum atomic E-state index is -0.553. The van der Waals surface area contributed by atoms with Crippen molar-refractivity contribution in [1.82, 2.24) is 4.90 Å². The number of amides is 1. The number of nitrogens with zero attached hydrogens (tertiary/aromatic N) is 1. The molecule has 5 heteroatoms. The second-order valence-electron chi connectivity index (χ2n) is 8.27. The van der Waals surface area contributed by atoms with Crippen molar-refractivity contribution in [2.24, 2.45) is 11.8 Å². The molecule has 1 aliphatic carbocycles. The lowest BCUT2D eigenvalue weighted by molar-refractivity contribution is 0.0199. The van der Waals surface area contributed by atoms with Crippen LogP contribution < -0.4 is 0 Å². The van der Waals surface area contributed by atoms with Gasteiger partial charge >= 0.3 is 6.09 Å². The van der Waals surface area contributed by atoms with Crippen LogP contribution in [0.2, 0.25) is 0 Å². The number of piperidine rings is 1. The van der Waals surface area contributed by atoms with Crippen LogP contribution in [-0.4, -0.2) is 54.1 Å².